The van der Waals surface area contributed by atoms with Gasteiger partial charge in [-0.15, -0.1) is 0 Å². The molecule has 0 aromatic heterocycles. The average Bonchev–Trinajstić information content (AvgIpc) is 2.88. The van der Waals surface area contributed by atoms with E-state index < -0.39 is 6.10 Å². The number of carbonyl (C=O) groups excluding carboxylic acids is 1. The molecule has 2 aromatic rings. The van der Waals surface area contributed by atoms with Gasteiger partial charge in [0.05, 0.1) is 6.10 Å². The molecule has 20 heavy (non-hydrogen) atoms. The second-order valence-corrected chi connectivity index (χ2v) is 4.78. The number of carbonyl (C=O) groups is 1. The quantitative estimate of drug-likeness (QED) is 0.796. The summed E-state index contributed by atoms with van der Waals surface area (Å²) in [7, 11) is 0. The van der Waals surface area contributed by atoms with E-state index in [1.54, 1.807) is 0 Å². The third kappa shape index (κ3) is 2.77. The lowest BCUT2D eigenvalue weighted by Crippen LogP contribution is -2.20. The van der Waals surface area contributed by atoms with E-state index in [0.717, 1.165) is 12.0 Å². The Bertz CT molecular complexity index is 634. The summed E-state index contributed by atoms with van der Waals surface area (Å²) in [6.45, 7) is 0. The highest BCUT2D eigenvalue weighted by Gasteiger charge is 2.15. The molecule has 1 unspecified atom stereocenters. The van der Waals surface area contributed by atoms with Crippen molar-refractivity contribution in [1.82, 2.24) is 0 Å². The van der Waals surface area contributed by atoms with E-state index in [2.05, 4.69) is 29.6 Å². The molecule has 0 bridgehead atoms. The molecular weight excluding hydrogens is 250 g/mol. The van der Waals surface area contributed by atoms with Crippen LogP contribution in [0.15, 0.2) is 59.6 Å². The van der Waals surface area contributed by atoms with Crippen LogP contribution in [0.25, 0.3) is 0 Å². The minimum atomic E-state index is -0.521. The van der Waals surface area contributed by atoms with E-state index in [1.807, 2.05) is 36.4 Å². The topological polar surface area (TPSA) is 38.7 Å². The molecule has 0 spiro atoms. The van der Waals surface area contributed by atoms with Crippen LogP contribution in [-0.2, 0) is 22.4 Å². The van der Waals surface area contributed by atoms with Crippen LogP contribution in [0.5, 0.6) is 0 Å². The number of rotatable bonds is 4. The summed E-state index contributed by atoms with van der Waals surface area (Å²) in [5, 5.41) is 0. The first kappa shape index (κ1) is 12.6. The average molecular weight is 264 g/mol. The highest BCUT2D eigenvalue weighted by atomic mass is 16.5. The number of hydrogen-bond acceptors (Lipinski definition) is 2. The van der Waals surface area contributed by atoms with Crippen molar-refractivity contribution in [3.8, 4) is 0 Å². The van der Waals surface area contributed by atoms with Crippen LogP contribution in [-0.4, -0.2) is 18.4 Å². The predicted molar refractivity (Wildman–Crippen MR) is 76.7 cm³/mol. The van der Waals surface area contributed by atoms with Crippen molar-refractivity contribution in [2.75, 3.05) is 0 Å². The largest absolute Gasteiger partial charge is 0.577 e. The molecule has 3 rings (SSSR count). The summed E-state index contributed by atoms with van der Waals surface area (Å²) in [6, 6.07) is 18.4. The summed E-state index contributed by atoms with van der Waals surface area (Å²) in [5.74, 6) is -0.250. The third-order valence-electron chi connectivity index (χ3n) is 3.39. The van der Waals surface area contributed by atoms with Gasteiger partial charge in [-0.2, -0.15) is 0 Å². The summed E-state index contributed by atoms with van der Waals surface area (Å²) in [5.41, 5.74) is 3.58. The highest BCUT2D eigenvalue weighted by molar-refractivity contribution is 5.91. The molecule has 3 nitrogen and oxygen atoms in total. The van der Waals surface area contributed by atoms with E-state index in [0.29, 0.717) is 6.42 Å². The van der Waals surface area contributed by atoms with Crippen molar-refractivity contribution in [2.45, 2.75) is 18.9 Å². The summed E-state index contributed by atoms with van der Waals surface area (Å²) < 4.78 is 5.11. The number of nitrogens with zero attached hydrogens (tertiary/aromatic N) is 1. The Morgan fingerprint density at radius 2 is 1.70 bits per heavy atom. The maximum Gasteiger partial charge on any atom is 0.128 e. The van der Waals surface area contributed by atoms with E-state index in [-0.39, 0.29) is 5.91 Å². The van der Waals surface area contributed by atoms with Crippen LogP contribution in [0.2, 0.25) is 0 Å². The molecule has 1 aliphatic heterocycles. The number of benzene rings is 2. The Hall–Kier alpha value is -2.42. The monoisotopic (exact) mass is 264 g/mol. The van der Waals surface area contributed by atoms with Crippen LogP contribution >= 0.6 is 0 Å². The van der Waals surface area contributed by atoms with Gasteiger partial charge in [0.2, 0.25) is 0 Å². The van der Waals surface area contributed by atoms with E-state index in [9.17, 15) is 4.79 Å². The van der Waals surface area contributed by atoms with Gasteiger partial charge in [-0.3, -0.25) is 0 Å². The third-order valence-corrected chi connectivity index (χ3v) is 3.39. The number of amides is 1. The standard InChI is InChI=1S/C17H14NO2/c19-17-16(20-12-18-17)11-15-9-5-4-8-14(15)10-13-6-2-1-3-7-13/h1-9,16H,10-11H2/q-1. The van der Waals surface area contributed by atoms with Crippen LogP contribution < -0.4 is 0 Å². The molecule has 1 heterocycles. The summed E-state index contributed by atoms with van der Waals surface area (Å²) in [6.07, 6.45) is 3.16. The molecule has 100 valence electrons. The molecule has 2 aromatic carbocycles. The summed E-state index contributed by atoms with van der Waals surface area (Å²) >= 11 is 0. The van der Waals surface area contributed by atoms with Gasteiger partial charge in [0.1, 0.15) is 5.91 Å². The minimum Gasteiger partial charge on any atom is -0.577 e. The van der Waals surface area contributed by atoms with Crippen LogP contribution in [0, 0.1) is 0 Å². The first-order valence-electron chi connectivity index (χ1n) is 6.59. The lowest BCUT2D eigenvalue weighted by atomic mass is 9.96. The SMILES string of the molecule is O=C1N=[C-]OC1Cc1ccccc1Cc1ccccc1. The van der Waals surface area contributed by atoms with Crippen molar-refractivity contribution in [2.24, 2.45) is 4.99 Å². The maximum absolute atomic E-state index is 11.5. The second kappa shape index (κ2) is 5.70. The van der Waals surface area contributed by atoms with Gasteiger partial charge in [-0.05, 0) is 23.1 Å². The Balaban J connectivity index is 1.79. The van der Waals surface area contributed by atoms with E-state index >= 15 is 0 Å². The fraction of sp³-hybridized carbons (Fsp3) is 0.176. The molecule has 1 amide bonds. The van der Waals surface area contributed by atoms with Gasteiger partial charge in [-0.25, -0.2) is 0 Å². The van der Waals surface area contributed by atoms with Crippen LogP contribution in [0.3, 0.4) is 0 Å². The molecule has 3 heteroatoms. The Morgan fingerprint density at radius 3 is 2.40 bits per heavy atom. The molecule has 0 saturated heterocycles. The zero-order valence-corrected chi connectivity index (χ0v) is 11.0. The van der Waals surface area contributed by atoms with Crippen molar-refractivity contribution < 1.29 is 9.53 Å². The van der Waals surface area contributed by atoms with Crippen molar-refractivity contribution in [3.05, 3.63) is 71.3 Å². The van der Waals surface area contributed by atoms with Crippen LogP contribution in [0.4, 0.5) is 0 Å². The van der Waals surface area contributed by atoms with Gasteiger partial charge < -0.3 is 14.5 Å². The predicted octanol–water partition coefficient (Wildman–Crippen LogP) is 2.65. The lowest BCUT2D eigenvalue weighted by Gasteiger charge is -2.16. The zero-order chi connectivity index (χ0) is 13.8. The fourth-order valence-corrected chi connectivity index (χ4v) is 2.33. The van der Waals surface area contributed by atoms with Gasteiger partial charge in [0, 0.05) is 12.8 Å². The van der Waals surface area contributed by atoms with Crippen molar-refractivity contribution in [1.29, 1.82) is 0 Å². The van der Waals surface area contributed by atoms with Gasteiger partial charge in [0.15, 0.2) is 0 Å². The van der Waals surface area contributed by atoms with Crippen molar-refractivity contribution in [3.63, 3.8) is 0 Å². The Morgan fingerprint density at radius 1 is 1.00 bits per heavy atom. The molecular formula is C17H14NO2-. The van der Waals surface area contributed by atoms with E-state index in [4.69, 9.17) is 4.74 Å². The number of aliphatic imine (C=N–C) groups is 1. The molecule has 1 atom stereocenters. The lowest BCUT2D eigenvalue weighted by molar-refractivity contribution is -0.122. The molecule has 0 fully saturated rings. The number of hydrogen-bond donors (Lipinski definition) is 0. The molecule has 0 saturated carbocycles. The molecule has 0 N–H and O–H groups in total. The Kier molecular flexibility index (Phi) is 3.59. The van der Waals surface area contributed by atoms with Crippen molar-refractivity contribution >= 4 is 12.3 Å². The second-order valence-electron chi connectivity index (χ2n) is 4.78. The molecule has 0 radical (unpaired) electrons. The van der Waals surface area contributed by atoms with Gasteiger partial charge >= 0.3 is 0 Å². The summed E-state index contributed by atoms with van der Waals surface area (Å²) in [4.78, 5) is 15.0. The van der Waals surface area contributed by atoms with Crippen LogP contribution in [0.1, 0.15) is 16.7 Å². The fourth-order valence-electron chi connectivity index (χ4n) is 2.33. The molecule has 0 aliphatic carbocycles. The first-order chi connectivity index (χ1) is 9.83. The Labute approximate surface area is 117 Å². The van der Waals surface area contributed by atoms with Gasteiger partial charge in [0.25, 0.3) is 0 Å². The highest BCUT2D eigenvalue weighted by Crippen LogP contribution is 2.18. The minimum absolute atomic E-state index is 0.250. The first-order valence-corrected chi connectivity index (χ1v) is 6.59. The molecule has 1 aliphatic rings. The van der Waals surface area contributed by atoms with Gasteiger partial charge in [-0.1, -0.05) is 54.6 Å². The van der Waals surface area contributed by atoms with E-state index in [1.165, 1.54) is 11.1 Å². The number of ether oxygens (including phenoxy) is 1. The normalized spacial score (nSPS) is 17.2. The smallest absolute Gasteiger partial charge is 0.128 e. The zero-order valence-electron chi connectivity index (χ0n) is 11.0. The maximum atomic E-state index is 11.5.